The monoisotopic (exact) mass is 628 g/mol. The van der Waals surface area contributed by atoms with Crippen molar-refractivity contribution >= 4 is 59.3 Å². The molecular formula is C42H32N2O4. The summed E-state index contributed by atoms with van der Waals surface area (Å²) in [5.74, 6) is 0. The van der Waals surface area contributed by atoms with Gasteiger partial charge in [-0.05, 0) is 133 Å². The average Bonchev–Trinajstić information content (AvgIpc) is 3.16. The number of carbonyl (C=O) groups excluding carboxylic acids is 4. The van der Waals surface area contributed by atoms with E-state index >= 15 is 0 Å². The lowest BCUT2D eigenvalue weighted by Gasteiger charge is -2.29. The fraction of sp³-hybridized carbons (Fsp3) is 0.0476. The lowest BCUT2D eigenvalue weighted by molar-refractivity contribution is 0.111. The maximum absolute atomic E-state index is 11.4. The van der Waals surface area contributed by atoms with Gasteiger partial charge < -0.3 is 9.80 Å². The molecule has 0 radical (unpaired) electrons. The van der Waals surface area contributed by atoms with Gasteiger partial charge in [-0.3, -0.25) is 19.2 Å². The Bertz CT molecular complexity index is 1780. The summed E-state index contributed by atoms with van der Waals surface area (Å²) in [5, 5.41) is 0. The van der Waals surface area contributed by atoms with Crippen LogP contribution in [0.15, 0.2) is 146 Å². The molecule has 6 aromatic carbocycles. The van der Waals surface area contributed by atoms with E-state index in [1.54, 1.807) is 48.5 Å². The number of para-hydroxylation sites is 2. The minimum atomic E-state index is 0.589. The first-order valence-electron chi connectivity index (χ1n) is 15.6. The highest BCUT2D eigenvalue weighted by Gasteiger charge is 2.19. The third kappa shape index (κ3) is 6.88. The van der Waals surface area contributed by atoms with Gasteiger partial charge in [0.15, 0.2) is 0 Å². The number of benzene rings is 6. The number of hydrogen-bond donors (Lipinski definition) is 0. The molecule has 0 amide bonds. The Morgan fingerprint density at radius 3 is 0.833 bits per heavy atom. The quantitative estimate of drug-likeness (QED) is 0.119. The molecule has 234 valence electrons. The van der Waals surface area contributed by atoms with Crippen molar-refractivity contribution in [1.29, 1.82) is 0 Å². The number of nitrogens with zero attached hydrogens (tertiary/aromatic N) is 2. The summed E-state index contributed by atoms with van der Waals surface area (Å²) in [4.78, 5) is 49.9. The first-order chi connectivity index (χ1) is 23.6. The molecule has 6 rings (SSSR count). The summed E-state index contributed by atoms with van der Waals surface area (Å²) < 4.78 is 0. The molecule has 0 aliphatic rings. The Hall–Kier alpha value is -6.40. The molecule has 0 N–H and O–H groups in total. The molecule has 0 aromatic heterocycles. The van der Waals surface area contributed by atoms with E-state index in [4.69, 9.17) is 0 Å². The predicted octanol–water partition coefficient (Wildman–Crippen LogP) is 9.66. The first kappa shape index (κ1) is 31.6. The predicted molar refractivity (Wildman–Crippen MR) is 191 cm³/mol. The van der Waals surface area contributed by atoms with Crippen molar-refractivity contribution in [3.8, 4) is 0 Å². The molecule has 6 aromatic rings. The van der Waals surface area contributed by atoms with Crippen LogP contribution in [0.5, 0.6) is 0 Å². The molecular weight excluding hydrogens is 596 g/mol. The van der Waals surface area contributed by atoms with E-state index in [1.165, 1.54) is 0 Å². The molecule has 0 heterocycles. The zero-order valence-electron chi connectivity index (χ0n) is 26.1. The van der Waals surface area contributed by atoms with Crippen LogP contribution >= 0.6 is 0 Å². The normalized spacial score (nSPS) is 10.6. The lowest BCUT2D eigenvalue weighted by Crippen LogP contribution is -2.14. The fourth-order valence-corrected chi connectivity index (χ4v) is 5.81. The Labute approximate surface area is 279 Å². The van der Waals surface area contributed by atoms with E-state index in [0.29, 0.717) is 35.1 Å². The Morgan fingerprint density at radius 2 is 0.583 bits per heavy atom. The van der Waals surface area contributed by atoms with Crippen LogP contribution in [0.4, 0.5) is 34.1 Å². The van der Waals surface area contributed by atoms with Crippen LogP contribution < -0.4 is 9.80 Å². The SMILES string of the molecule is O=Cc1ccc(N(c2ccc(C=O)cc2)c2ccccc2CCc2ccccc2N(c2ccc(C=O)cc2)c2ccc(C=O)cc2)cc1. The third-order valence-corrected chi connectivity index (χ3v) is 8.28. The summed E-state index contributed by atoms with van der Waals surface area (Å²) >= 11 is 0. The first-order valence-corrected chi connectivity index (χ1v) is 15.6. The number of aryl methyl sites for hydroxylation is 2. The lowest BCUT2D eigenvalue weighted by atomic mass is 9.99. The van der Waals surface area contributed by atoms with Crippen LogP contribution in [0, 0.1) is 0 Å². The van der Waals surface area contributed by atoms with Crippen molar-refractivity contribution in [1.82, 2.24) is 0 Å². The van der Waals surface area contributed by atoms with Gasteiger partial charge in [0.25, 0.3) is 0 Å². The number of carbonyl (C=O) groups is 4. The molecule has 0 atom stereocenters. The van der Waals surface area contributed by atoms with E-state index in [1.807, 2.05) is 72.8 Å². The van der Waals surface area contributed by atoms with Gasteiger partial charge in [0.1, 0.15) is 25.1 Å². The minimum absolute atomic E-state index is 0.589. The second kappa shape index (κ2) is 14.8. The number of hydrogen-bond acceptors (Lipinski definition) is 6. The van der Waals surface area contributed by atoms with Crippen LogP contribution in [0.2, 0.25) is 0 Å². The highest BCUT2D eigenvalue weighted by atomic mass is 16.1. The van der Waals surface area contributed by atoms with Gasteiger partial charge in [0.05, 0.1) is 0 Å². The molecule has 48 heavy (non-hydrogen) atoms. The maximum Gasteiger partial charge on any atom is 0.150 e. The molecule has 0 saturated carbocycles. The Balaban J connectivity index is 1.39. The van der Waals surface area contributed by atoms with E-state index in [9.17, 15) is 19.2 Å². The fourth-order valence-electron chi connectivity index (χ4n) is 5.81. The zero-order valence-corrected chi connectivity index (χ0v) is 26.1. The highest BCUT2D eigenvalue weighted by Crippen LogP contribution is 2.39. The zero-order chi connectivity index (χ0) is 33.3. The van der Waals surface area contributed by atoms with Gasteiger partial charge in [-0.25, -0.2) is 0 Å². The van der Waals surface area contributed by atoms with E-state index in [2.05, 4.69) is 34.1 Å². The molecule has 0 fully saturated rings. The minimum Gasteiger partial charge on any atom is -0.310 e. The number of rotatable bonds is 13. The topological polar surface area (TPSA) is 74.8 Å². The van der Waals surface area contributed by atoms with Crippen LogP contribution in [-0.2, 0) is 12.8 Å². The second-order valence-corrected chi connectivity index (χ2v) is 11.3. The van der Waals surface area contributed by atoms with Crippen molar-refractivity contribution in [3.63, 3.8) is 0 Å². The summed E-state index contributed by atoms with van der Waals surface area (Å²) in [6, 6.07) is 46.3. The second-order valence-electron chi connectivity index (χ2n) is 11.3. The smallest absolute Gasteiger partial charge is 0.150 e. The Kier molecular flexibility index (Phi) is 9.73. The van der Waals surface area contributed by atoms with Crippen molar-refractivity contribution in [2.45, 2.75) is 12.8 Å². The van der Waals surface area contributed by atoms with Crippen molar-refractivity contribution < 1.29 is 19.2 Å². The molecule has 6 heteroatoms. The standard InChI is InChI=1S/C42H32N2O4/c45-27-31-9-19-37(20-10-31)43(38-21-11-32(28-46)12-22-38)41-7-3-1-5-35(41)17-18-36-6-2-4-8-42(36)44(39-23-13-33(29-47)14-24-39)40-25-15-34(30-48)16-26-40/h1-16,19-30H,17-18H2. The van der Waals surface area contributed by atoms with Gasteiger partial charge in [-0.1, -0.05) is 36.4 Å². The summed E-state index contributed by atoms with van der Waals surface area (Å²) in [5.41, 5.74) is 10.1. The van der Waals surface area contributed by atoms with Crippen molar-refractivity contribution in [2.24, 2.45) is 0 Å². The van der Waals surface area contributed by atoms with Gasteiger partial charge in [0, 0.05) is 56.4 Å². The summed E-state index contributed by atoms with van der Waals surface area (Å²) in [6.45, 7) is 0. The van der Waals surface area contributed by atoms with E-state index in [-0.39, 0.29) is 0 Å². The molecule has 0 saturated heterocycles. The largest absolute Gasteiger partial charge is 0.310 e. The van der Waals surface area contributed by atoms with Gasteiger partial charge in [-0.15, -0.1) is 0 Å². The molecule has 0 spiro atoms. The van der Waals surface area contributed by atoms with Gasteiger partial charge in [0.2, 0.25) is 0 Å². The van der Waals surface area contributed by atoms with Crippen LogP contribution in [0.3, 0.4) is 0 Å². The van der Waals surface area contributed by atoms with Crippen LogP contribution in [-0.4, -0.2) is 25.1 Å². The summed E-state index contributed by atoms with van der Waals surface area (Å²) in [6.07, 6.45) is 4.74. The van der Waals surface area contributed by atoms with Crippen molar-refractivity contribution in [2.75, 3.05) is 9.80 Å². The van der Waals surface area contributed by atoms with E-state index < -0.39 is 0 Å². The van der Waals surface area contributed by atoms with Crippen molar-refractivity contribution in [3.05, 3.63) is 179 Å². The average molecular weight is 629 g/mol. The maximum atomic E-state index is 11.4. The van der Waals surface area contributed by atoms with Crippen LogP contribution in [0.1, 0.15) is 52.6 Å². The highest BCUT2D eigenvalue weighted by molar-refractivity contribution is 5.85. The Morgan fingerprint density at radius 1 is 0.333 bits per heavy atom. The molecule has 0 aliphatic carbocycles. The number of aldehydes is 4. The third-order valence-electron chi connectivity index (χ3n) is 8.28. The molecule has 0 aliphatic heterocycles. The molecule has 0 unspecified atom stereocenters. The van der Waals surface area contributed by atoms with E-state index in [0.717, 1.165) is 70.4 Å². The van der Waals surface area contributed by atoms with Gasteiger partial charge in [-0.2, -0.15) is 0 Å². The van der Waals surface area contributed by atoms with Crippen LogP contribution in [0.25, 0.3) is 0 Å². The van der Waals surface area contributed by atoms with Gasteiger partial charge >= 0.3 is 0 Å². The summed E-state index contributed by atoms with van der Waals surface area (Å²) in [7, 11) is 0. The molecule has 0 bridgehead atoms. The molecule has 6 nitrogen and oxygen atoms in total. The number of anilines is 6.